The van der Waals surface area contributed by atoms with Gasteiger partial charge in [0.1, 0.15) is 11.5 Å². The largest absolute Gasteiger partial charge is 0.508 e. The monoisotopic (exact) mass is 263 g/mol. The van der Waals surface area contributed by atoms with Gasteiger partial charge in [-0.25, -0.2) is 0 Å². The average molecular weight is 263 g/mol. The van der Waals surface area contributed by atoms with Crippen molar-refractivity contribution >= 4 is 5.90 Å². The number of phenolic OH excluding ortho intramolecular Hbond substituents is 1. The number of aromatic hydroxyl groups is 1. The van der Waals surface area contributed by atoms with E-state index in [0.717, 1.165) is 31.4 Å². The SMILES string of the molecule is C=CC(=N)OCCCCCCOc1ccc(O)cc1. The number of nitrogens with one attached hydrogen (secondary N) is 1. The number of phenols is 1. The molecule has 0 aliphatic heterocycles. The van der Waals surface area contributed by atoms with Gasteiger partial charge in [-0.05, 0) is 56.0 Å². The fourth-order valence-corrected chi connectivity index (χ4v) is 1.53. The van der Waals surface area contributed by atoms with E-state index in [-0.39, 0.29) is 11.6 Å². The van der Waals surface area contributed by atoms with Gasteiger partial charge in [0.15, 0.2) is 0 Å². The smallest absolute Gasteiger partial charge is 0.205 e. The average Bonchev–Trinajstić information content (AvgIpc) is 2.43. The van der Waals surface area contributed by atoms with Gasteiger partial charge in [0.2, 0.25) is 5.90 Å². The first-order chi connectivity index (χ1) is 9.22. The second-order valence-electron chi connectivity index (χ2n) is 4.17. The van der Waals surface area contributed by atoms with E-state index in [2.05, 4.69) is 6.58 Å². The first kappa shape index (κ1) is 15.1. The van der Waals surface area contributed by atoms with Crippen LogP contribution in [0.4, 0.5) is 0 Å². The lowest BCUT2D eigenvalue weighted by Crippen LogP contribution is -2.01. The van der Waals surface area contributed by atoms with E-state index in [0.29, 0.717) is 13.2 Å². The Bertz CT molecular complexity index is 387. The molecule has 0 saturated heterocycles. The molecule has 0 saturated carbocycles. The molecular weight excluding hydrogens is 242 g/mol. The van der Waals surface area contributed by atoms with E-state index in [4.69, 9.17) is 20.0 Å². The van der Waals surface area contributed by atoms with Crippen LogP contribution >= 0.6 is 0 Å². The molecule has 0 bridgehead atoms. The van der Waals surface area contributed by atoms with Gasteiger partial charge in [-0.1, -0.05) is 6.58 Å². The van der Waals surface area contributed by atoms with Crippen molar-refractivity contribution < 1.29 is 14.6 Å². The second-order valence-corrected chi connectivity index (χ2v) is 4.17. The summed E-state index contributed by atoms with van der Waals surface area (Å²) in [5, 5.41) is 16.3. The molecule has 0 aliphatic rings. The van der Waals surface area contributed by atoms with Crippen LogP contribution in [-0.2, 0) is 4.74 Å². The van der Waals surface area contributed by atoms with E-state index >= 15 is 0 Å². The molecule has 0 unspecified atom stereocenters. The third kappa shape index (κ3) is 7.13. The molecule has 0 aromatic heterocycles. The summed E-state index contributed by atoms with van der Waals surface area (Å²) in [5.41, 5.74) is 0. The van der Waals surface area contributed by atoms with Gasteiger partial charge >= 0.3 is 0 Å². The number of benzene rings is 1. The van der Waals surface area contributed by atoms with Crippen molar-refractivity contribution in [2.45, 2.75) is 25.7 Å². The van der Waals surface area contributed by atoms with Crippen LogP contribution in [0.15, 0.2) is 36.9 Å². The van der Waals surface area contributed by atoms with Crippen molar-refractivity contribution in [3.05, 3.63) is 36.9 Å². The maximum Gasteiger partial charge on any atom is 0.205 e. The van der Waals surface area contributed by atoms with Crippen LogP contribution in [0.3, 0.4) is 0 Å². The Labute approximate surface area is 114 Å². The molecule has 0 atom stereocenters. The van der Waals surface area contributed by atoms with Crippen molar-refractivity contribution in [2.24, 2.45) is 0 Å². The summed E-state index contributed by atoms with van der Waals surface area (Å²) in [5.74, 6) is 1.16. The standard InChI is InChI=1S/C15H21NO3/c1-2-15(16)19-12-6-4-3-5-11-18-14-9-7-13(17)8-10-14/h2,7-10,16-17H,1,3-6,11-12H2. The minimum atomic E-state index is 0.135. The molecule has 0 aliphatic carbocycles. The van der Waals surface area contributed by atoms with E-state index in [1.807, 2.05) is 0 Å². The van der Waals surface area contributed by atoms with E-state index in [9.17, 15) is 0 Å². The zero-order valence-electron chi connectivity index (χ0n) is 11.1. The Kier molecular flexibility index (Phi) is 7.17. The van der Waals surface area contributed by atoms with Gasteiger partial charge in [0.25, 0.3) is 0 Å². The molecule has 0 heterocycles. The van der Waals surface area contributed by atoms with E-state index in [1.54, 1.807) is 24.3 Å². The normalized spacial score (nSPS) is 9.89. The number of unbranched alkanes of at least 4 members (excludes halogenated alkanes) is 3. The Morgan fingerprint density at radius 3 is 2.37 bits per heavy atom. The molecular formula is C15H21NO3. The Hall–Kier alpha value is -1.97. The minimum Gasteiger partial charge on any atom is -0.508 e. The first-order valence-corrected chi connectivity index (χ1v) is 6.48. The predicted molar refractivity (Wildman–Crippen MR) is 75.9 cm³/mol. The van der Waals surface area contributed by atoms with Crippen LogP contribution in [0.2, 0.25) is 0 Å². The highest BCUT2D eigenvalue weighted by atomic mass is 16.5. The minimum absolute atomic E-state index is 0.135. The third-order valence-electron chi connectivity index (χ3n) is 2.59. The summed E-state index contributed by atoms with van der Waals surface area (Å²) in [4.78, 5) is 0. The van der Waals surface area contributed by atoms with Crippen molar-refractivity contribution in [1.82, 2.24) is 0 Å². The highest BCUT2D eigenvalue weighted by Gasteiger charge is 1.95. The maximum absolute atomic E-state index is 9.12. The molecule has 2 N–H and O–H groups in total. The summed E-state index contributed by atoms with van der Waals surface area (Å²) in [7, 11) is 0. The summed E-state index contributed by atoms with van der Waals surface area (Å²) in [6.07, 6.45) is 5.45. The second kappa shape index (κ2) is 9.03. The van der Waals surface area contributed by atoms with Crippen molar-refractivity contribution in [3.63, 3.8) is 0 Å². The summed E-state index contributed by atoms with van der Waals surface area (Å²) in [6, 6.07) is 6.73. The van der Waals surface area contributed by atoms with Gasteiger partial charge < -0.3 is 14.6 Å². The fourth-order valence-electron chi connectivity index (χ4n) is 1.53. The van der Waals surface area contributed by atoms with Gasteiger partial charge in [0.05, 0.1) is 13.2 Å². The molecule has 4 nitrogen and oxygen atoms in total. The number of hydrogen-bond donors (Lipinski definition) is 2. The van der Waals surface area contributed by atoms with Crippen LogP contribution in [-0.4, -0.2) is 24.2 Å². The zero-order valence-corrected chi connectivity index (χ0v) is 11.1. The summed E-state index contributed by atoms with van der Waals surface area (Å²) in [6.45, 7) is 4.70. The highest BCUT2D eigenvalue weighted by Crippen LogP contribution is 2.16. The predicted octanol–water partition coefficient (Wildman–Crippen LogP) is 3.51. The van der Waals surface area contributed by atoms with Crippen molar-refractivity contribution in [1.29, 1.82) is 5.41 Å². The van der Waals surface area contributed by atoms with Gasteiger partial charge in [-0.15, -0.1) is 0 Å². The molecule has 1 aromatic rings. The highest BCUT2D eigenvalue weighted by molar-refractivity contribution is 5.83. The molecule has 104 valence electrons. The molecule has 0 fully saturated rings. The fraction of sp³-hybridized carbons (Fsp3) is 0.400. The van der Waals surface area contributed by atoms with Gasteiger partial charge in [-0.2, -0.15) is 0 Å². The van der Waals surface area contributed by atoms with Crippen molar-refractivity contribution in [2.75, 3.05) is 13.2 Å². The maximum atomic E-state index is 9.12. The lowest BCUT2D eigenvalue weighted by Gasteiger charge is -2.06. The van der Waals surface area contributed by atoms with Gasteiger partial charge in [-0.3, -0.25) is 5.41 Å². The molecule has 19 heavy (non-hydrogen) atoms. The van der Waals surface area contributed by atoms with Crippen molar-refractivity contribution in [3.8, 4) is 11.5 Å². The van der Waals surface area contributed by atoms with E-state index in [1.165, 1.54) is 6.08 Å². The summed E-state index contributed by atoms with van der Waals surface area (Å²) >= 11 is 0. The molecule has 1 aromatic carbocycles. The van der Waals surface area contributed by atoms with Crippen LogP contribution in [0.5, 0.6) is 11.5 Å². The number of hydrogen-bond acceptors (Lipinski definition) is 4. The number of ether oxygens (including phenoxy) is 2. The lowest BCUT2D eigenvalue weighted by atomic mass is 10.2. The topological polar surface area (TPSA) is 62.5 Å². The van der Waals surface area contributed by atoms with Gasteiger partial charge in [0, 0.05) is 0 Å². The molecule has 0 amide bonds. The molecule has 4 heteroatoms. The Morgan fingerprint density at radius 2 is 1.74 bits per heavy atom. The van der Waals surface area contributed by atoms with Crippen LogP contribution in [0.25, 0.3) is 0 Å². The Morgan fingerprint density at radius 1 is 1.11 bits per heavy atom. The zero-order chi connectivity index (χ0) is 13.9. The van der Waals surface area contributed by atoms with E-state index < -0.39 is 0 Å². The van der Waals surface area contributed by atoms with Crippen LogP contribution < -0.4 is 4.74 Å². The lowest BCUT2D eigenvalue weighted by molar-refractivity contribution is 0.280. The van der Waals surface area contributed by atoms with Crippen LogP contribution in [0.1, 0.15) is 25.7 Å². The quantitative estimate of drug-likeness (QED) is 0.407. The Balaban J connectivity index is 1.95. The van der Waals surface area contributed by atoms with Crippen LogP contribution in [0, 0.1) is 5.41 Å². The molecule has 0 spiro atoms. The molecule has 0 radical (unpaired) electrons. The number of rotatable bonds is 9. The molecule has 1 rings (SSSR count). The summed E-state index contributed by atoms with van der Waals surface area (Å²) < 4.78 is 10.6. The third-order valence-corrected chi connectivity index (χ3v) is 2.59. The first-order valence-electron chi connectivity index (χ1n) is 6.48.